The van der Waals surface area contributed by atoms with Gasteiger partial charge in [0.1, 0.15) is 11.7 Å². The number of nitrogens with zero attached hydrogens (tertiary/aromatic N) is 2. The zero-order valence-electron chi connectivity index (χ0n) is 10.7. The molecule has 1 aliphatic heterocycles. The Labute approximate surface area is 120 Å². The summed E-state index contributed by atoms with van der Waals surface area (Å²) in [7, 11) is 0. The lowest BCUT2D eigenvalue weighted by atomic mass is 10.2. The minimum atomic E-state index is -0.314. The minimum absolute atomic E-state index is 0.119. The molecule has 2 aromatic heterocycles. The van der Waals surface area contributed by atoms with Crippen LogP contribution in [0, 0.1) is 0 Å². The van der Waals surface area contributed by atoms with Gasteiger partial charge >= 0.3 is 0 Å². The second-order valence-corrected chi connectivity index (χ2v) is 5.18. The Balaban J connectivity index is 1.66. The van der Waals surface area contributed by atoms with E-state index >= 15 is 0 Å². The molecule has 3 heterocycles. The Morgan fingerprint density at radius 1 is 1.45 bits per heavy atom. The molecule has 1 atom stereocenters. The van der Waals surface area contributed by atoms with Gasteiger partial charge in [-0.15, -0.1) is 11.3 Å². The van der Waals surface area contributed by atoms with E-state index in [4.69, 9.17) is 4.74 Å². The molecule has 0 radical (unpaired) electrons. The van der Waals surface area contributed by atoms with Gasteiger partial charge in [0.25, 0.3) is 0 Å². The Kier molecular flexibility index (Phi) is 4.00. The molecule has 1 fully saturated rings. The van der Waals surface area contributed by atoms with Crippen LogP contribution in [0.15, 0.2) is 29.8 Å². The number of thiazole rings is 1. The van der Waals surface area contributed by atoms with Crippen LogP contribution in [0.1, 0.15) is 0 Å². The number of hydrogen-bond acceptors (Lipinski definition) is 6. The van der Waals surface area contributed by atoms with E-state index in [-0.39, 0.29) is 11.9 Å². The van der Waals surface area contributed by atoms with Crippen LogP contribution in [0.5, 0.6) is 0 Å². The van der Waals surface area contributed by atoms with Gasteiger partial charge in [0, 0.05) is 18.1 Å². The fourth-order valence-corrected chi connectivity index (χ4v) is 2.60. The third-order valence-electron chi connectivity index (χ3n) is 2.90. The van der Waals surface area contributed by atoms with E-state index in [0.29, 0.717) is 24.9 Å². The van der Waals surface area contributed by atoms with Gasteiger partial charge in [0.15, 0.2) is 5.13 Å². The normalized spacial score (nSPS) is 18.7. The van der Waals surface area contributed by atoms with Crippen molar-refractivity contribution in [3.05, 3.63) is 29.8 Å². The van der Waals surface area contributed by atoms with Gasteiger partial charge in [-0.2, -0.15) is 0 Å². The van der Waals surface area contributed by atoms with E-state index in [1.807, 2.05) is 23.6 Å². The van der Waals surface area contributed by atoms with Crippen molar-refractivity contribution in [3.63, 3.8) is 0 Å². The molecule has 7 heteroatoms. The van der Waals surface area contributed by atoms with Gasteiger partial charge in [0.05, 0.1) is 18.9 Å². The first-order chi connectivity index (χ1) is 9.83. The van der Waals surface area contributed by atoms with Crippen molar-refractivity contribution in [2.75, 3.05) is 25.1 Å². The molecule has 0 aromatic carbocycles. The number of morpholine rings is 1. The molecule has 0 aliphatic carbocycles. The third-order valence-corrected chi connectivity index (χ3v) is 3.66. The molecular formula is C13H14N4O2S. The van der Waals surface area contributed by atoms with Crippen LogP contribution in [0.25, 0.3) is 11.4 Å². The molecule has 2 N–H and O–H groups in total. The number of rotatable bonds is 3. The van der Waals surface area contributed by atoms with E-state index in [2.05, 4.69) is 20.6 Å². The van der Waals surface area contributed by atoms with Crippen molar-refractivity contribution in [2.24, 2.45) is 0 Å². The van der Waals surface area contributed by atoms with Crippen molar-refractivity contribution < 1.29 is 9.53 Å². The highest BCUT2D eigenvalue weighted by atomic mass is 32.1. The summed E-state index contributed by atoms with van der Waals surface area (Å²) in [4.78, 5) is 20.6. The lowest BCUT2D eigenvalue weighted by Gasteiger charge is -2.22. The molecule has 1 unspecified atom stereocenters. The largest absolute Gasteiger partial charge is 0.378 e. The van der Waals surface area contributed by atoms with E-state index < -0.39 is 0 Å². The highest BCUT2D eigenvalue weighted by Crippen LogP contribution is 2.23. The quantitative estimate of drug-likeness (QED) is 0.886. The molecule has 0 bridgehead atoms. The maximum Gasteiger partial charge on any atom is 0.245 e. The van der Waals surface area contributed by atoms with Crippen LogP contribution in [0.4, 0.5) is 5.13 Å². The Morgan fingerprint density at radius 3 is 3.15 bits per heavy atom. The van der Waals surface area contributed by atoms with Gasteiger partial charge in [0.2, 0.25) is 5.91 Å². The summed E-state index contributed by atoms with van der Waals surface area (Å²) < 4.78 is 5.27. The van der Waals surface area contributed by atoms with Crippen molar-refractivity contribution in [3.8, 4) is 11.4 Å². The zero-order chi connectivity index (χ0) is 13.8. The van der Waals surface area contributed by atoms with Crippen molar-refractivity contribution in [1.82, 2.24) is 15.3 Å². The van der Waals surface area contributed by atoms with Crippen molar-refractivity contribution in [1.29, 1.82) is 0 Å². The Morgan fingerprint density at radius 2 is 2.40 bits per heavy atom. The predicted octanol–water partition coefficient (Wildman–Crippen LogP) is 1.13. The van der Waals surface area contributed by atoms with Crippen LogP contribution >= 0.6 is 11.3 Å². The van der Waals surface area contributed by atoms with Gasteiger partial charge in [-0.25, -0.2) is 4.98 Å². The molecule has 6 nitrogen and oxygen atoms in total. The van der Waals surface area contributed by atoms with Crippen LogP contribution in [-0.2, 0) is 9.53 Å². The molecule has 3 rings (SSSR count). The molecule has 1 saturated heterocycles. The molecule has 104 valence electrons. The van der Waals surface area contributed by atoms with E-state index in [1.165, 1.54) is 11.3 Å². The molecule has 1 aliphatic rings. The second-order valence-electron chi connectivity index (χ2n) is 4.32. The average molecular weight is 290 g/mol. The van der Waals surface area contributed by atoms with Gasteiger partial charge in [-0.1, -0.05) is 6.07 Å². The van der Waals surface area contributed by atoms with Crippen LogP contribution in [0.3, 0.4) is 0 Å². The van der Waals surface area contributed by atoms with Crippen LogP contribution in [0.2, 0.25) is 0 Å². The summed E-state index contributed by atoms with van der Waals surface area (Å²) in [5.41, 5.74) is 1.56. The van der Waals surface area contributed by atoms with Gasteiger partial charge in [-0.3, -0.25) is 9.78 Å². The smallest absolute Gasteiger partial charge is 0.245 e. The average Bonchev–Trinajstić information content (AvgIpc) is 2.97. The maximum atomic E-state index is 12.0. The van der Waals surface area contributed by atoms with E-state index in [1.54, 1.807) is 6.20 Å². The number of carbonyl (C=O) groups excluding carboxylic acids is 1. The summed E-state index contributed by atoms with van der Waals surface area (Å²) in [6.07, 6.45) is 1.72. The van der Waals surface area contributed by atoms with Crippen molar-refractivity contribution >= 4 is 22.4 Å². The number of amides is 1. The van der Waals surface area contributed by atoms with E-state index in [9.17, 15) is 4.79 Å². The molecular weight excluding hydrogens is 276 g/mol. The molecule has 0 saturated carbocycles. The lowest BCUT2D eigenvalue weighted by molar-refractivity contribution is -0.120. The lowest BCUT2D eigenvalue weighted by Crippen LogP contribution is -2.48. The number of ether oxygens (including phenoxy) is 1. The standard InChI is InChI=1S/C13H14N4O2S/c18-12(10-7-19-6-5-15-10)17-13-16-11(8-20-13)9-3-1-2-4-14-9/h1-4,8,10,15H,5-7H2,(H,16,17,18). The molecule has 2 aromatic rings. The van der Waals surface area contributed by atoms with Crippen LogP contribution in [-0.4, -0.2) is 41.7 Å². The second kappa shape index (κ2) is 6.08. The van der Waals surface area contributed by atoms with E-state index in [0.717, 1.165) is 11.4 Å². The van der Waals surface area contributed by atoms with Gasteiger partial charge in [-0.05, 0) is 12.1 Å². The molecule has 20 heavy (non-hydrogen) atoms. The third kappa shape index (κ3) is 3.01. The zero-order valence-corrected chi connectivity index (χ0v) is 11.5. The first-order valence-corrected chi connectivity index (χ1v) is 7.20. The summed E-state index contributed by atoms with van der Waals surface area (Å²) in [6.45, 7) is 1.73. The number of hydrogen-bond donors (Lipinski definition) is 2. The SMILES string of the molecule is O=C(Nc1nc(-c2ccccn2)cs1)C1COCCN1. The molecule has 0 spiro atoms. The summed E-state index contributed by atoms with van der Waals surface area (Å²) in [6, 6.07) is 5.33. The number of pyridine rings is 1. The maximum absolute atomic E-state index is 12.0. The van der Waals surface area contributed by atoms with Crippen molar-refractivity contribution in [2.45, 2.75) is 6.04 Å². The number of carbonyl (C=O) groups is 1. The summed E-state index contributed by atoms with van der Waals surface area (Å²) in [5, 5.41) is 8.36. The number of nitrogens with one attached hydrogen (secondary N) is 2. The summed E-state index contributed by atoms with van der Waals surface area (Å²) in [5.74, 6) is -0.119. The summed E-state index contributed by atoms with van der Waals surface area (Å²) >= 11 is 1.39. The minimum Gasteiger partial charge on any atom is -0.378 e. The highest BCUT2D eigenvalue weighted by molar-refractivity contribution is 7.14. The monoisotopic (exact) mass is 290 g/mol. The Hall–Kier alpha value is -1.83. The molecule has 1 amide bonds. The van der Waals surface area contributed by atoms with Crippen LogP contribution < -0.4 is 10.6 Å². The Bertz CT molecular complexity index is 581. The first-order valence-electron chi connectivity index (χ1n) is 6.32. The fraction of sp³-hybridized carbons (Fsp3) is 0.308. The highest BCUT2D eigenvalue weighted by Gasteiger charge is 2.22. The predicted molar refractivity (Wildman–Crippen MR) is 76.6 cm³/mol. The fourth-order valence-electron chi connectivity index (χ4n) is 1.89. The topological polar surface area (TPSA) is 76.1 Å². The first kappa shape index (κ1) is 13.2. The number of aromatic nitrogens is 2. The number of anilines is 1. The van der Waals surface area contributed by atoms with Gasteiger partial charge < -0.3 is 15.4 Å².